The van der Waals surface area contributed by atoms with Gasteiger partial charge >= 0.3 is 0 Å². The Kier molecular flexibility index (Phi) is 8.03. The molecule has 0 amide bonds. The van der Waals surface area contributed by atoms with Gasteiger partial charge in [0.15, 0.2) is 6.29 Å². The summed E-state index contributed by atoms with van der Waals surface area (Å²) < 4.78 is 42.4. The molecule has 1 aromatic heterocycles. The number of aliphatic hydroxyl groups excluding tert-OH is 2. The average molecular weight is 576 g/mol. The molecular weight excluding hydrogens is 542 g/mol. The molecule has 0 bridgehead atoms. The summed E-state index contributed by atoms with van der Waals surface area (Å²) in [7, 11) is -3.92. The third-order valence-electron chi connectivity index (χ3n) is 7.62. The third-order valence-corrected chi connectivity index (χ3v) is 9.03. The smallest absolute Gasteiger partial charge is 0.264 e. The van der Waals surface area contributed by atoms with Gasteiger partial charge in [0.2, 0.25) is 0 Å². The topological polar surface area (TPSA) is 121 Å². The summed E-state index contributed by atoms with van der Waals surface area (Å²) in [5.41, 5.74) is 3.27. The fraction of sp³-hybridized carbons (Fsp3) is 0.323. The van der Waals surface area contributed by atoms with Crippen LogP contribution in [-0.2, 0) is 26.1 Å². The van der Waals surface area contributed by atoms with Crippen molar-refractivity contribution in [2.45, 2.75) is 48.9 Å². The number of ether oxygens (including phenoxy) is 2. The Morgan fingerprint density at radius 1 is 0.976 bits per heavy atom. The highest BCUT2D eigenvalue weighted by atomic mass is 32.2. The van der Waals surface area contributed by atoms with Gasteiger partial charge in [0, 0.05) is 48.9 Å². The number of nitrogens with one attached hydrogen (secondary N) is 1. The fourth-order valence-corrected chi connectivity index (χ4v) is 6.78. The van der Waals surface area contributed by atoms with Gasteiger partial charge in [0.05, 0.1) is 30.4 Å². The molecule has 3 N–H and O–H groups in total. The highest BCUT2D eigenvalue weighted by Crippen LogP contribution is 2.39. The Morgan fingerprint density at radius 2 is 1.78 bits per heavy atom. The lowest BCUT2D eigenvalue weighted by molar-refractivity contribution is -0.252. The van der Waals surface area contributed by atoms with Crippen LogP contribution in [0.5, 0.6) is 0 Å². The average Bonchev–Trinajstić information content (AvgIpc) is 3.40. The highest BCUT2D eigenvalue weighted by molar-refractivity contribution is 7.93. The van der Waals surface area contributed by atoms with Crippen molar-refractivity contribution in [3.05, 3.63) is 102 Å². The van der Waals surface area contributed by atoms with Crippen LogP contribution in [0.3, 0.4) is 0 Å². The van der Waals surface area contributed by atoms with E-state index < -0.39 is 16.3 Å². The van der Waals surface area contributed by atoms with E-state index in [1.165, 1.54) is 0 Å². The number of para-hydroxylation sites is 1. The number of anilines is 1. The Bertz CT molecular complexity index is 1610. The molecule has 0 aliphatic carbocycles. The van der Waals surface area contributed by atoms with Crippen LogP contribution >= 0.6 is 0 Å². The standard InChI is InChI=1S/C31H33N3O6S/c35-20-21-9-11-22(12-10-21)28-17-27(19-34-15-13-26(36)18-34)39-31(40-28)24-5-1-7-25(16-24)33-41(37,38)29-8-2-4-23-6-3-14-32-30(23)29/h1-12,14,16,26-28,31,33,35-36H,13,15,17-20H2. The van der Waals surface area contributed by atoms with Crippen molar-refractivity contribution in [2.75, 3.05) is 24.4 Å². The minimum atomic E-state index is -3.92. The van der Waals surface area contributed by atoms with E-state index >= 15 is 0 Å². The maximum Gasteiger partial charge on any atom is 0.264 e. The van der Waals surface area contributed by atoms with Crippen LogP contribution in [0.1, 0.15) is 41.9 Å². The van der Waals surface area contributed by atoms with Gasteiger partial charge in [-0.2, -0.15) is 0 Å². The zero-order valence-electron chi connectivity index (χ0n) is 22.5. The SMILES string of the molecule is O=S(=O)(Nc1cccc(C2OC(CN3CCC(O)C3)CC(c3ccc(CO)cc3)O2)c1)c1cccc2cccnc12. The first-order valence-electron chi connectivity index (χ1n) is 13.8. The second-order valence-electron chi connectivity index (χ2n) is 10.6. The Hall–Kier alpha value is -3.38. The number of nitrogens with zero attached hydrogens (tertiary/aromatic N) is 2. The predicted octanol–water partition coefficient (Wildman–Crippen LogP) is 4.14. The Morgan fingerprint density at radius 3 is 2.56 bits per heavy atom. The third kappa shape index (κ3) is 6.28. The number of likely N-dealkylation sites (tertiary alicyclic amines) is 1. The number of hydrogen-bond donors (Lipinski definition) is 3. The summed E-state index contributed by atoms with van der Waals surface area (Å²) >= 11 is 0. The molecule has 4 unspecified atom stereocenters. The van der Waals surface area contributed by atoms with Gasteiger partial charge < -0.3 is 19.7 Å². The van der Waals surface area contributed by atoms with E-state index in [0.29, 0.717) is 36.3 Å². The lowest BCUT2D eigenvalue weighted by Crippen LogP contribution is -2.38. The van der Waals surface area contributed by atoms with Crippen LogP contribution < -0.4 is 4.72 Å². The predicted molar refractivity (Wildman–Crippen MR) is 154 cm³/mol. The van der Waals surface area contributed by atoms with E-state index in [2.05, 4.69) is 14.6 Å². The van der Waals surface area contributed by atoms with E-state index in [9.17, 15) is 18.6 Å². The summed E-state index contributed by atoms with van der Waals surface area (Å²) in [6.07, 6.45) is 1.47. The zero-order chi connectivity index (χ0) is 28.4. The number of aliphatic hydroxyl groups is 2. The van der Waals surface area contributed by atoms with E-state index in [-0.39, 0.29) is 29.8 Å². The number of fused-ring (bicyclic) bond motifs is 1. The van der Waals surface area contributed by atoms with E-state index in [1.54, 1.807) is 42.6 Å². The molecule has 2 aliphatic heterocycles. The fourth-order valence-electron chi connectivity index (χ4n) is 5.55. The van der Waals surface area contributed by atoms with E-state index in [1.807, 2.05) is 42.5 Å². The van der Waals surface area contributed by atoms with Crippen molar-refractivity contribution in [3.63, 3.8) is 0 Å². The molecule has 4 aromatic rings. The highest BCUT2D eigenvalue weighted by Gasteiger charge is 2.34. The maximum atomic E-state index is 13.4. The van der Waals surface area contributed by atoms with Gasteiger partial charge in [-0.3, -0.25) is 14.6 Å². The number of benzene rings is 3. The summed E-state index contributed by atoms with van der Waals surface area (Å²) in [5, 5.41) is 20.2. The molecule has 0 saturated carbocycles. The minimum absolute atomic E-state index is 0.0327. The minimum Gasteiger partial charge on any atom is -0.392 e. The molecule has 0 spiro atoms. The van der Waals surface area contributed by atoms with Crippen LogP contribution in [0, 0.1) is 0 Å². The van der Waals surface area contributed by atoms with Crippen LogP contribution in [0.2, 0.25) is 0 Å². The van der Waals surface area contributed by atoms with Crippen LogP contribution in [0.4, 0.5) is 5.69 Å². The Labute approximate surface area is 239 Å². The van der Waals surface area contributed by atoms with Crippen molar-refractivity contribution in [1.29, 1.82) is 0 Å². The first-order valence-corrected chi connectivity index (χ1v) is 15.2. The van der Waals surface area contributed by atoms with Gasteiger partial charge in [0.1, 0.15) is 4.90 Å². The van der Waals surface area contributed by atoms with Gasteiger partial charge in [-0.1, -0.05) is 54.6 Å². The monoisotopic (exact) mass is 575 g/mol. The molecule has 2 saturated heterocycles. The van der Waals surface area contributed by atoms with Crippen molar-refractivity contribution in [1.82, 2.24) is 9.88 Å². The maximum absolute atomic E-state index is 13.4. The normalized spacial score (nSPS) is 23.6. The van der Waals surface area contributed by atoms with Gasteiger partial charge in [-0.05, 0) is 41.8 Å². The van der Waals surface area contributed by atoms with Crippen molar-refractivity contribution in [2.24, 2.45) is 0 Å². The van der Waals surface area contributed by atoms with Crippen molar-refractivity contribution in [3.8, 4) is 0 Å². The van der Waals surface area contributed by atoms with E-state index in [0.717, 1.165) is 29.5 Å². The second-order valence-corrected chi connectivity index (χ2v) is 12.3. The first kappa shape index (κ1) is 27.8. The summed E-state index contributed by atoms with van der Waals surface area (Å²) in [6.45, 7) is 2.04. The van der Waals surface area contributed by atoms with E-state index in [4.69, 9.17) is 9.47 Å². The molecule has 3 aromatic carbocycles. The molecule has 3 heterocycles. The summed E-state index contributed by atoms with van der Waals surface area (Å²) in [5.74, 6) is 0. The largest absolute Gasteiger partial charge is 0.392 e. The molecule has 2 aliphatic rings. The van der Waals surface area contributed by atoms with Crippen LogP contribution in [-0.4, -0.2) is 60.4 Å². The molecule has 0 radical (unpaired) electrons. The van der Waals surface area contributed by atoms with Gasteiger partial charge in [-0.15, -0.1) is 0 Å². The van der Waals surface area contributed by atoms with Gasteiger partial charge in [-0.25, -0.2) is 8.42 Å². The number of β-amino-alcohol motifs (C(OH)–C–C–N with tert-alkyl or cyclic N) is 1. The van der Waals surface area contributed by atoms with Crippen LogP contribution in [0.15, 0.2) is 90.0 Å². The number of rotatable bonds is 8. The molecule has 2 fully saturated rings. The van der Waals surface area contributed by atoms with Crippen molar-refractivity contribution >= 4 is 26.6 Å². The lowest BCUT2D eigenvalue weighted by atomic mass is 9.99. The molecule has 10 heteroatoms. The lowest BCUT2D eigenvalue weighted by Gasteiger charge is -2.38. The summed E-state index contributed by atoms with van der Waals surface area (Å²) in [4.78, 5) is 6.59. The van der Waals surface area contributed by atoms with Crippen LogP contribution in [0.25, 0.3) is 10.9 Å². The number of aromatic nitrogens is 1. The first-order chi connectivity index (χ1) is 19.9. The molecule has 9 nitrogen and oxygen atoms in total. The molecule has 214 valence electrons. The summed E-state index contributed by atoms with van der Waals surface area (Å²) in [6, 6.07) is 23.4. The van der Waals surface area contributed by atoms with Crippen molar-refractivity contribution < 1.29 is 28.1 Å². The molecule has 6 rings (SSSR count). The van der Waals surface area contributed by atoms with Gasteiger partial charge in [0.25, 0.3) is 10.0 Å². The molecule has 41 heavy (non-hydrogen) atoms. The number of hydrogen-bond acceptors (Lipinski definition) is 8. The second kappa shape index (κ2) is 11.8. The number of sulfonamides is 1. The zero-order valence-corrected chi connectivity index (χ0v) is 23.3. The number of pyridine rings is 1. The molecule has 4 atom stereocenters. The molecular formula is C31H33N3O6S. The quantitative estimate of drug-likeness (QED) is 0.287. The Balaban J connectivity index is 1.26.